The molecule has 78 valence electrons. The predicted molar refractivity (Wildman–Crippen MR) is 43.6 cm³/mol. The minimum Gasteiger partial charge on any atom is -0.761 e. The molecule has 0 bridgehead atoms. The van der Waals surface area contributed by atoms with E-state index >= 15 is 0 Å². The molecule has 0 aliphatic carbocycles. The second kappa shape index (κ2) is 5.45. The molecule has 1 fully saturated rings. The molecule has 4 N–H and O–H groups in total. The molecule has 1 aliphatic rings. The fourth-order valence-electron chi connectivity index (χ4n) is 0.878. The van der Waals surface area contributed by atoms with Gasteiger partial charge in [-0.15, -0.1) is 0 Å². The summed E-state index contributed by atoms with van der Waals surface area (Å²) in [5.41, 5.74) is 0. The van der Waals surface area contributed by atoms with Gasteiger partial charge in [0.15, 0.2) is 6.29 Å². The Bertz CT molecular complexity index is 146. The van der Waals surface area contributed by atoms with E-state index in [0.717, 1.165) is 0 Å². The SMILES string of the molecule is [O-]N(O)CNCCNCC1OC1O. The van der Waals surface area contributed by atoms with E-state index in [2.05, 4.69) is 10.6 Å². The van der Waals surface area contributed by atoms with Crippen molar-refractivity contribution in [1.29, 1.82) is 0 Å². The van der Waals surface area contributed by atoms with E-state index < -0.39 is 6.29 Å². The van der Waals surface area contributed by atoms with E-state index in [9.17, 15) is 5.21 Å². The number of nitrogens with one attached hydrogen (secondary N) is 2. The molecule has 7 heteroatoms. The zero-order chi connectivity index (χ0) is 9.68. The van der Waals surface area contributed by atoms with Crippen molar-refractivity contribution in [3.05, 3.63) is 5.21 Å². The van der Waals surface area contributed by atoms with E-state index in [1.807, 2.05) is 0 Å². The molecular formula is C6H14N3O4-. The zero-order valence-electron chi connectivity index (χ0n) is 7.14. The molecule has 0 amide bonds. The number of ether oxygens (including phenoxy) is 1. The second-order valence-corrected chi connectivity index (χ2v) is 2.78. The maximum atomic E-state index is 9.97. The fourth-order valence-corrected chi connectivity index (χ4v) is 0.878. The molecule has 0 aromatic rings. The highest BCUT2D eigenvalue weighted by Gasteiger charge is 2.35. The number of aliphatic hydroxyl groups excluding tert-OH is 1. The first-order chi connectivity index (χ1) is 6.20. The summed E-state index contributed by atoms with van der Waals surface area (Å²) in [4.78, 5) is 0. The van der Waals surface area contributed by atoms with Gasteiger partial charge in [0.25, 0.3) is 0 Å². The van der Waals surface area contributed by atoms with Gasteiger partial charge in [-0.25, -0.2) is 0 Å². The van der Waals surface area contributed by atoms with Crippen LogP contribution in [0.4, 0.5) is 0 Å². The first kappa shape index (κ1) is 10.8. The van der Waals surface area contributed by atoms with Crippen LogP contribution in [-0.2, 0) is 4.74 Å². The van der Waals surface area contributed by atoms with Gasteiger partial charge in [-0.3, -0.25) is 5.23 Å². The lowest BCUT2D eigenvalue weighted by Gasteiger charge is -2.19. The monoisotopic (exact) mass is 192 g/mol. The van der Waals surface area contributed by atoms with Crippen LogP contribution in [0.3, 0.4) is 0 Å². The van der Waals surface area contributed by atoms with Gasteiger partial charge in [-0.05, 0) is 0 Å². The minimum absolute atomic E-state index is 0.0890. The van der Waals surface area contributed by atoms with E-state index in [4.69, 9.17) is 15.1 Å². The molecule has 0 aromatic carbocycles. The fraction of sp³-hybridized carbons (Fsp3) is 1.00. The zero-order valence-corrected chi connectivity index (χ0v) is 7.14. The highest BCUT2D eigenvalue weighted by molar-refractivity contribution is 4.76. The number of aliphatic hydroxyl groups is 1. The molecule has 2 unspecified atom stereocenters. The highest BCUT2D eigenvalue weighted by Crippen LogP contribution is 2.16. The molecule has 0 saturated carbocycles. The molecule has 1 saturated heterocycles. The molecule has 0 spiro atoms. The van der Waals surface area contributed by atoms with Crippen molar-refractivity contribution in [2.75, 3.05) is 26.3 Å². The molecule has 7 nitrogen and oxygen atoms in total. The first-order valence-corrected chi connectivity index (χ1v) is 4.08. The van der Waals surface area contributed by atoms with Crippen molar-refractivity contribution < 1.29 is 15.1 Å². The van der Waals surface area contributed by atoms with Crippen molar-refractivity contribution in [2.24, 2.45) is 0 Å². The van der Waals surface area contributed by atoms with Crippen LogP contribution < -0.4 is 10.6 Å². The van der Waals surface area contributed by atoms with Crippen molar-refractivity contribution in [3.8, 4) is 0 Å². The Morgan fingerprint density at radius 2 is 2.00 bits per heavy atom. The molecule has 0 radical (unpaired) electrons. The molecule has 2 atom stereocenters. The quantitative estimate of drug-likeness (QED) is 0.160. The number of epoxide rings is 1. The predicted octanol–water partition coefficient (Wildman–Crippen LogP) is -1.97. The summed E-state index contributed by atoms with van der Waals surface area (Å²) < 4.78 is 4.74. The number of hydroxylamine groups is 2. The molecule has 0 aromatic heterocycles. The second-order valence-electron chi connectivity index (χ2n) is 2.78. The van der Waals surface area contributed by atoms with Crippen molar-refractivity contribution in [1.82, 2.24) is 15.9 Å². The van der Waals surface area contributed by atoms with E-state index in [0.29, 0.717) is 19.6 Å². The van der Waals surface area contributed by atoms with Gasteiger partial charge < -0.3 is 30.9 Å². The Hall–Kier alpha value is -0.280. The van der Waals surface area contributed by atoms with Crippen molar-refractivity contribution in [2.45, 2.75) is 12.4 Å². The van der Waals surface area contributed by atoms with E-state index in [1.54, 1.807) is 0 Å². The average Bonchev–Trinajstić information content (AvgIpc) is 2.74. The number of rotatable bonds is 7. The largest absolute Gasteiger partial charge is 0.761 e. The molecule has 1 rings (SSSR count). The van der Waals surface area contributed by atoms with Gasteiger partial charge >= 0.3 is 0 Å². The summed E-state index contributed by atoms with van der Waals surface area (Å²) in [5, 5.41) is 32.4. The van der Waals surface area contributed by atoms with Gasteiger partial charge in [0.2, 0.25) is 0 Å². The van der Waals surface area contributed by atoms with Crippen molar-refractivity contribution >= 4 is 0 Å². The van der Waals surface area contributed by atoms with Crippen LogP contribution >= 0.6 is 0 Å². The Morgan fingerprint density at radius 1 is 1.38 bits per heavy atom. The molecule has 1 heterocycles. The Labute approximate surface area is 75.8 Å². The van der Waals surface area contributed by atoms with E-state index in [1.165, 1.54) is 0 Å². The Balaban J connectivity index is 1.74. The van der Waals surface area contributed by atoms with Crippen LogP contribution in [-0.4, -0.2) is 54.2 Å². The van der Waals surface area contributed by atoms with Gasteiger partial charge in [-0.2, -0.15) is 0 Å². The van der Waals surface area contributed by atoms with Gasteiger partial charge in [0, 0.05) is 19.6 Å². The number of hydrogen-bond donors (Lipinski definition) is 4. The lowest BCUT2D eigenvalue weighted by atomic mass is 10.4. The maximum absolute atomic E-state index is 9.97. The normalized spacial score (nSPS) is 26.8. The molecule has 13 heavy (non-hydrogen) atoms. The third-order valence-electron chi connectivity index (χ3n) is 1.63. The maximum Gasteiger partial charge on any atom is 0.183 e. The summed E-state index contributed by atoms with van der Waals surface area (Å²) >= 11 is 0. The third kappa shape index (κ3) is 5.11. The Kier molecular flexibility index (Phi) is 4.53. The van der Waals surface area contributed by atoms with E-state index in [-0.39, 0.29) is 18.0 Å². The third-order valence-corrected chi connectivity index (χ3v) is 1.63. The average molecular weight is 192 g/mol. The topological polar surface area (TPSA) is 103 Å². The summed E-state index contributed by atoms with van der Waals surface area (Å²) in [6, 6.07) is 0. The highest BCUT2D eigenvalue weighted by atomic mass is 16.8. The standard InChI is InChI=1S/C6H14N3O4/c10-6-5(13-6)3-7-1-2-8-4-9(11)12/h5-8,10-11H,1-4H2/q-1. The van der Waals surface area contributed by atoms with Crippen LogP contribution in [0.2, 0.25) is 0 Å². The Morgan fingerprint density at radius 3 is 2.54 bits per heavy atom. The van der Waals surface area contributed by atoms with Gasteiger partial charge in [0.1, 0.15) is 6.10 Å². The van der Waals surface area contributed by atoms with Crippen LogP contribution in [0, 0.1) is 5.21 Å². The molecular weight excluding hydrogens is 178 g/mol. The number of hydrogen-bond acceptors (Lipinski definition) is 7. The lowest BCUT2D eigenvalue weighted by molar-refractivity contribution is -0.0467. The smallest absolute Gasteiger partial charge is 0.183 e. The minimum atomic E-state index is -0.616. The summed E-state index contributed by atoms with van der Waals surface area (Å²) in [7, 11) is 0. The summed E-state index contributed by atoms with van der Waals surface area (Å²) in [6.07, 6.45) is -0.705. The van der Waals surface area contributed by atoms with Crippen LogP contribution in [0.15, 0.2) is 0 Å². The summed E-state index contributed by atoms with van der Waals surface area (Å²) in [5.74, 6) is 0. The first-order valence-electron chi connectivity index (χ1n) is 4.08. The van der Waals surface area contributed by atoms with Gasteiger partial charge in [0.05, 0.1) is 6.67 Å². The van der Waals surface area contributed by atoms with Crippen LogP contribution in [0.5, 0.6) is 0 Å². The summed E-state index contributed by atoms with van der Waals surface area (Å²) in [6.45, 7) is 1.72. The van der Waals surface area contributed by atoms with Crippen molar-refractivity contribution in [3.63, 3.8) is 0 Å². The van der Waals surface area contributed by atoms with Crippen LogP contribution in [0.1, 0.15) is 0 Å². The lowest BCUT2D eigenvalue weighted by Crippen LogP contribution is -2.34. The van der Waals surface area contributed by atoms with Gasteiger partial charge in [-0.1, -0.05) is 0 Å². The molecule has 1 aliphatic heterocycles. The number of nitrogens with zero attached hydrogens (tertiary/aromatic N) is 1. The van der Waals surface area contributed by atoms with Crippen LogP contribution in [0.25, 0.3) is 0 Å².